The monoisotopic (exact) mass is 1240 g/mol. The highest BCUT2D eigenvalue weighted by atomic mass is 16.5. The van der Waals surface area contributed by atoms with Crippen LogP contribution in [0.25, 0.3) is 0 Å². The minimum Gasteiger partial charge on any atom is -0.491 e. The van der Waals surface area contributed by atoms with Crippen LogP contribution in [0.1, 0.15) is 76.5 Å². The molecule has 0 spiro atoms. The normalized spacial score (nSPS) is 12.6. The zero-order valence-corrected chi connectivity index (χ0v) is 51.0. The van der Waals surface area contributed by atoms with Gasteiger partial charge in [-0.25, -0.2) is 0 Å². The smallest absolute Gasteiger partial charge is 0.193 e. The lowest BCUT2D eigenvalue weighted by atomic mass is 10.0. The Morgan fingerprint density at radius 2 is 0.473 bits per heavy atom. The lowest BCUT2D eigenvalue weighted by Gasteiger charge is -2.27. The van der Waals surface area contributed by atoms with Crippen LogP contribution < -0.4 is 18.9 Å². The van der Waals surface area contributed by atoms with Crippen LogP contribution in [-0.2, 0) is 14.2 Å². The lowest BCUT2D eigenvalue weighted by molar-refractivity contribution is 0.00427. The standard InChI is InChI=1S/C74H80N2O15/c77-63(51-88-67-31-23-59(24-32-67)71(81)55-15-5-1-6-16-55)47-75(48-64(78)52-89-68-33-25-60(26-34-68)72(82)56-17-7-2-8-18-56)39-13-41-85-43-45-87-46-44-86-42-14-40-76(49-65(79)53-90-69-35-27-61(28-36-69)73(83)57-19-9-3-10-20-57)50-66(80)54-91-70-37-29-62(30-38-70)74(84)58-21-11-4-12-22-58/h1-12,15-38,63-66,77-80H,13-14,39-54H2. The largest absolute Gasteiger partial charge is 0.491 e. The molecular weight excluding hydrogens is 1160 g/mol. The average Bonchev–Trinajstić information content (AvgIpc) is 2.70. The molecule has 0 saturated heterocycles. The van der Waals surface area contributed by atoms with Crippen LogP contribution in [0.15, 0.2) is 218 Å². The Morgan fingerprint density at radius 1 is 0.275 bits per heavy atom. The highest BCUT2D eigenvalue weighted by Crippen LogP contribution is 2.21. The van der Waals surface area contributed by atoms with Crippen LogP contribution in [-0.4, -0.2) is 183 Å². The van der Waals surface area contributed by atoms with Crippen molar-refractivity contribution in [3.05, 3.63) is 263 Å². The molecule has 0 bridgehead atoms. The zero-order chi connectivity index (χ0) is 63.8. The van der Waals surface area contributed by atoms with E-state index in [0.717, 1.165) is 0 Å². The van der Waals surface area contributed by atoms with Gasteiger partial charge in [-0.05, 0) is 110 Å². The number of carbonyl (C=O) groups is 4. The van der Waals surface area contributed by atoms with Crippen molar-refractivity contribution >= 4 is 23.1 Å². The van der Waals surface area contributed by atoms with Gasteiger partial charge in [0.1, 0.15) is 73.8 Å². The first-order valence-corrected chi connectivity index (χ1v) is 30.6. The number of aliphatic hydroxyl groups excluding tert-OH is 4. The molecule has 0 radical (unpaired) electrons. The first-order valence-electron chi connectivity index (χ1n) is 30.6. The van der Waals surface area contributed by atoms with Gasteiger partial charge in [0.05, 0.1) is 26.4 Å². The average molecular weight is 1240 g/mol. The number of hydrogen-bond acceptors (Lipinski definition) is 17. The van der Waals surface area contributed by atoms with Crippen molar-refractivity contribution in [3.63, 3.8) is 0 Å². The van der Waals surface area contributed by atoms with Crippen molar-refractivity contribution in [2.45, 2.75) is 37.3 Å². The Balaban J connectivity index is 0.741. The molecule has 91 heavy (non-hydrogen) atoms. The van der Waals surface area contributed by atoms with Crippen molar-refractivity contribution in [2.75, 3.05) is 105 Å². The summed E-state index contributed by atoms with van der Waals surface area (Å²) in [5.41, 5.74) is 4.40. The van der Waals surface area contributed by atoms with Crippen LogP contribution in [0.5, 0.6) is 23.0 Å². The van der Waals surface area contributed by atoms with E-state index in [1.807, 2.05) is 82.6 Å². The van der Waals surface area contributed by atoms with E-state index < -0.39 is 24.4 Å². The van der Waals surface area contributed by atoms with E-state index >= 15 is 0 Å². The van der Waals surface area contributed by atoms with Gasteiger partial charge in [0, 0.05) is 97.0 Å². The lowest BCUT2D eigenvalue weighted by Crippen LogP contribution is -2.42. The van der Waals surface area contributed by atoms with Crippen molar-refractivity contribution in [1.29, 1.82) is 0 Å². The number of ketones is 4. The summed E-state index contributed by atoms with van der Waals surface area (Å²) in [5, 5.41) is 44.6. The van der Waals surface area contributed by atoms with Crippen LogP contribution in [0.4, 0.5) is 0 Å². The number of aliphatic hydroxyl groups is 4. The molecule has 4 N–H and O–H groups in total. The highest BCUT2D eigenvalue weighted by Gasteiger charge is 2.21. The van der Waals surface area contributed by atoms with Crippen LogP contribution in [0.2, 0.25) is 0 Å². The topological polar surface area (TPSA) is 220 Å². The fourth-order valence-corrected chi connectivity index (χ4v) is 9.84. The molecule has 0 aromatic heterocycles. The second-order valence-electron chi connectivity index (χ2n) is 21.8. The molecule has 8 aromatic rings. The van der Waals surface area contributed by atoms with Crippen LogP contribution in [0.3, 0.4) is 0 Å². The molecule has 0 aliphatic heterocycles. The highest BCUT2D eigenvalue weighted by molar-refractivity contribution is 6.10. The number of ether oxygens (including phenoxy) is 7. The van der Waals surface area contributed by atoms with Gasteiger partial charge in [0.2, 0.25) is 0 Å². The van der Waals surface area contributed by atoms with Gasteiger partial charge in [-0.1, -0.05) is 121 Å². The Labute approximate surface area is 531 Å². The SMILES string of the molecule is O=C(c1ccccc1)c1ccc(OCC(O)CN(CCCOCCOCCOCCCN(CC(O)COc2ccc(C(=O)c3ccccc3)cc2)CC(O)COc2ccc(C(=O)c3ccccc3)cc2)CC(O)COc2ccc(C(=O)c3ccccc3)cc2)cc1. The molecule has 476 valence electrons. The molecular formula is C74H80N2O15. The maximum atomic E-state index is 12.9. The summed E-state index contributed by atoms with van der Waals surface area (Å²) < 4.78 is 41.2. The molecule has 8 rings (SSSR count). The molecule has 0 saturated carbocycles. The van der Waals surface area contributed by atoms with Crippen LogP contribution in [0, 0.1) is 0 Å². The fourth-order valence-electron chi connectivity index (χ4n) is 9.84. The van der Waals surface area contributed by atoms with Crippen molar-refractivity contribution < 1.29 is 72.8 Å². The molecule has 8 aromatic carbocycles. The second kappa shape index (κ2) is 37.4. The van der Waals surface area contributed by atoms with Crippen molar-refractivity contribution in [1.82, 2.24) is 9.80 Å². The van der Waals surface area contributed by atoms with Gasteiger partial charge < -0.3 is 53.6 Å². The molecule has 0 aliphatic carbocycles. The zero-order valence-electron chi connectivity index (χ0n) is 51.0. The van der Waals surface area contributed by atoms with E-state index in [4.69, 9.17) is 33.2 Å². The first kappa shape index (κ1) is 68.2. The molecule has 0 aliphatic rings. The summed E-state index contributed by atoms with van der Waals surface area (Å²) >= 11 is 0. The van der Waals surface area contributed by atoms with E-state index in [1.165, 1.54) is 0 Å². The third kappa shape index (κ3) is 23.6. The Bertz CT molecular complexity index is 2960. The molecule has 17 nitrogen and oxygen atoms in total. The Kier molecular flexibility index (Phi) is 28.1. The fraction of sp³-hybridized carbons (Fsp3) is 0.297. The number of carbonyl (C=O) groups excluding carboxylic acids is 4. The maximum Gasteiger partial charge on any atom is 0.193 e. The van der Waals surface area contributed by atoms with E-state index in [-0.39, 0.29) is 75.7 Å². The number of nitrogens with zero attached hydrogens (tertiary/aromatic N) is 2. The first-order chi connectivity index (χ1) is 44.4. The summed E-state index contributed by atoms with van der Waals surface area (Å²) in [5.74, 6) is 1.57. The summed E-state index contributed by atoms with van der Waals surface area (Å²) in [4.78, 5) is 55.4. The minimum atomic E-state index is -0.922. The maximum absolute atomic E-state index is 12.9. The third-order valence-electron chi connectivity index (χ3n) is 14.5. The molecule has 17 heteroatoms. The molecule has 4 atom stereocenters. The van der Waals surface area contributed by atoms with Gasteiger partial charge in [0.25, 0.3) is 0 Å². The second-order valence-corrected chi connectivity index (χ2v) is 21.8. The van der Waals surface area contributed by atoms with E-state index in [9.17, 15) is 39.6 Å². The predicted octanol–water partition coefficient (Wildman–Crippen LogP) is 9.10. The van der Waals surface area contributed by atoms with Gasteiger partial charge in [0.15, 0.2) is 23.1 Å². The minimum absolute atomic E-state index is 0.0293. The summed E-state index contributed by atoms with van der Waals surface area (Å²) in [6.45, 7) is 3.71. The van der Waals surface area contributed by atoms with Gasteiger partial charge in [-0.3, -0.25) is 29.0 Å². The van der Waals surface area contributed by atoms with Crippen LogP contribution >= 0.6 is 0 Å². The van der Waals surface area contributed by atoms with E-state index in [1.54, 1.807) is 146 Å². The van der Waals surface area contributed by atoms with Crippen molar-refractivity contribution in [2.24, 2.45) is 0 Å². The Hall–Kier alpha value is -8.72. The van der Waals surface area contributed by atoms with Gasteiger partial charge in [-0.2, -0.15) is 0 Å². The Morgan fingerprint density at radius 3 is 0.692 bits per heavy atom. The molecule has 0 fully saturated rings. The van der Waals surface area contributed by atoms with E-state index in [2.05, 4.69) is 0 Å². The summed E-state index contributed by atoms with van der Waals surface area (Å²) in [6.07, 6.45) is -2.52. The van der Waals surface area contributed by atoms with E-state index in [0.29, 0.717) is 133 Å². The van der Waals surface area contributed by atoms with Crippen molar-refractivity contribution in [3.8, 4) is 23.0 Å². The summed E-state index contributed by atoms with van der Waals surface area (Å²) in [6, 6.07) is 63.1. The van der Waals surface area contributed by atoms with Gasteiger partial charge >= 0.3 is 0 Å². The quantitative estimate of drug-likeness (QED) is 0.0207. The third-order valence-corrected chi connectivity index (χ3v) is 14.5. The summed E-state index contributed by atoms with van der Waals surface area (Å²) in [7, 11) is 0. The molecule has 0 heterocycles. The van der Waals surface area contributed by atoms with Gasteiger partial charge in [-0.15, -0.1) is 0 Å². The number of hydrogen-bond donors (Lipinski definition) is 4. The number of rotatable bonds is 42. The molecule has 4 unspecified atom stereocenters. The molecule has 0 amide bonds. The predicted molar refractivity (Wildman–Crippen MR) is 346 cm³/mol. The number of benzene rings is 8.